The highest BCUT2D eigenvalue weighted by molar-refractivity contribution is 6.28. The van der Waals surface area contributed by atoms with Gasteiger partial charge in [-0.15, -0.1) is 0 Å². The number of nitrogens with one attached hydrogen (secondary N) is 1. The summed E-state index contributed by atoms with van der Waals surface area (Å²) in [5.74, 6) is 1.31. The van der Waals surface area contributed by atoms with E-state index in [1.54, 1.807) is 10.9 Å². The summed E-state index contributed by atoms with van der Waals surface area (Å²) in [4.78, 5) is 13.2. The zero-order valence-corrected chi connectivity index (χ0v) is 17.3. The van der Waals surface area contributed by atoms with Crippen molar-refractivity contribution in [3.63, 3.8) is 0 Å². The number of aliphatic hydroxyl groups is 3. The molecule has 2 aliphatic rings. The summed E-state index contributed by atoms with van der Waals surface area (Å²) in [5.41, 5.74) is 0.476. The minimum absolute atomic E-state index is 0.0240. The number of hydrogen-bond acceptors (Lipinski definition) is 7. The Balaban J connectivity index is 1.75. The molecule has 0 unspecified atom stereocenters. The highest BCUT2D eigenvalue weighted by Gasteiger charge is 2.71. The first-order valence-corrected chi connectivity index (χ1v) is 10.2. The largest absolute Gasteiger partial charge is 0.396 e. The van der Waals surface area contributed by atoms with Crippen molar-refractivity contribution in [1.29, 1.82) is 0 Å². The fraction of sp³-hybridized carbons (Fsp3) is 0.737. The lowest BCUT2D eigenvalue weighted by Crippen LogP contribution is -2.35. The molecular formula is C19H28ClN5O3. The van der Waals surface area contributed by atoms with Crippen LogP contribution in [0.5, 0.6) is 0 Å². The van der Waals surface area contributed by atoms with E-state index in [0.29, 0.717) is 35.2 Å². The van der Waals surface area contributed by atoms with Gasteiger partial charge in [0.25, 0.3) is 0 Å². The van der Waals surface area contributed by atoms with Crippen LogP contribution in [0.1, 0.15) is 40.2 Å². The van der Waals surface area contributed by atoms with Gasteiger partial charge in [-0.2, -0.15) is 9.97 Å². The summed E-state index contributed by atoms with van der Waals surface area (Å²) in [6.45, 7) is 8.44. The number of hydrogen-bond donors (Lipinski definition) is 4. The monoisotopic (exact) mass is 409 g/mol. The summed E-state index contributed by atoms with van der Waals surface area (Å²) >= 11 is 6.21. The minimum Gasteiger partial charge on any atom is -0.396 e. The lowest BCUT2D eigenvalue weighted by atomic mass is 9.93. The molecule has 0 amide bonds. The molecule has 0 aliphatic heterocycles. The maximum atomic E-state index is 10.6. The minimum atomic E-state index is -0.993. The van der Waals surface area contributed by atoms with Crippen molar-refractivity contribution in [2.24, 2.45) is 23.2 Å². The predicted molar refractivity (Wildman–Crippen MR) is 106 cm³/mol. The molecule has 2 aliphatic carbocycles. The first-order valence-electron chi connectivity index (χ1n) is 9.85. The molecule has 9 heteroatoms. The zero-order valence-electron chi connectivity index (χ0n) is 16.5. The zero-order chi connectivity index (χ0) is 20.4. The van der Waals surface area contributed by atoms with Crippen molar-refractivity contribution >= 4 is 28.6 Å². The van der Waals surface area contributed by atoms with Crippen LogP contribution in [0.2, 0.25) is 5.28 Å². The number of aliphatic hydroxyl groups excluding tert-OH is 3. The van der Waals surface area contributed by atoms with Crippen LogP contribution in [0.4, 0.5) is 5.82 Å². The quantitative estimate of drug-likeness (QED) is 0.538. The molecule has 2 saturated carbocycles. The van der Waals surface area contributed by atoms with Crippen molar-refractivity contribution < 1.29 is 15.3 Å². The summed E-state index contributed by atoms with van der Waals surface area (Å²) in [7, 11) is 0. The topological polar surface area (TPSA) is 116 Å². The molecule has 4 N–H and O–H groups in total. The Morgan fingerprint density at radius 2 is 1.93 bits per heavy atom. The van der Waals surface area contributed by atoms with Crippen LogP contribution in [-0.2, 0) is 0 Å². The van der Waals surface area contributed by atoms with Gasteiger partial charge < -0.3 is 25.2 Å². The predicted octanol–water partition coefficient (Wildman–Crippen LogP) is 1.85. The third-order valence-corrected chi connectivity index (χ3v) is 6.77. The smallest absolute Gasteiger partial charge is 0.226 e. The summed E-state index contributed by atoms with van der Waals surface area (Å²) in [6.07, 6.45) is 0.324. The molecular weight excluding hydrogens is 382 g/mol. The molecule has 5 atom stereocenters. The first kappa shape index (κ1) is 19.8. The van der Waals surface area contributed by atoms with E-state index in [0.717, 1.165) is 0 Å². The Labute approximate surface area is 169 Å². The van der Waals surface area contributed by atoms with Gasteiger partial charge in [-0.05, 0) is 35.8 Å². The van der Waals surface area contributed by atoms with E-state index in [2.05, 4.69) is 48.0 Å². The first-order chi connectivity index (χ1) is 13.2. The molecule has 0 saturated heterocycles. The lowest BCUT2D eigenvalue weighted by Gasteiger charge is -2.27. The van der Waals surface area contributed by atoms with Crippen LogP contribution < -0.4 is 5.32 Å². The fourth-order valence-electron chi connectivity index (χ4n) is 5.02. The van der Waals surface area contributed by atoms with Gasteiger partial charge in [-0.3, -0.25) is 0 Å². The number of anilines is 1. The van der Waals surface area contributed by atoms with Gasteiger partial charge in [0, 0.05) is 11.5 Å². The third kappa shape index (κ3) is 2.81. The maximum Gasteiger partial charge on any atom is 0.226 e. The van der Waals surface area contributed by atoms with E-state index in [4.69, 9.17) is 11.6 Å². The van der Waals surface area contributed by atoms with E-state index in [1.807, 2.05) is 0 Å². The molecule has 2 heterocycles. The van der Waals surface area contributed by atoms with Crippen LogP contribution in [0.25, 0.3) is 11.2 Å². The highest BCUT2D eigenvalue weighted by atomic mass is 35.5. The van der Waals surface area contributed by atoms with Crippen LogP contribution in [0.3, 0.4) is 0 Å². The molecule has 2 aromatic rings. The number of fused-ring (bicyclic) bond motifs is 2. The van der Waals surface area contributed by atoms with Gasteiger partial charge in [0.15, 0.2) is 17.0 Å². The van der Waals surface area contributed by atoms with Crippen LogP contribution in [0.15, 0.2) is 6.33 Å². The summed E-state index contributed by atoms with van der Waals surface area (Å²) in [6, 6.07) is -0.222. The number of aromatic nitrogens is 4. The molecule has 2 fully saturated rings. The Morgan fingerprint density at radius 1 is 1.25 bits per heavy atom. The van der Waals surface area contributed by atoms with Crippen molar-refractivity contribution in [2.45, 2.75) is 58.4 Å². The molecule has 4 rings (SSSR count). The second-order valence-electron chi connectivity index (χ2n) is 8.95. The molecule has 154 valence electrons. The van der Waals surface area contributed by atoms with E-state index in [1.165, 1.54) is 0 Å². The van der Waals surface area contributed by atoms with E-state index in [-0.39, 0.29) is 23.9 Å². The lowest BCUT2D eigenvalue weighted by molar-refractivity contribution is -0.0300. The average Bonchev–Trinajstić information content (AvgIpc) is 3.16. The Kier molecular flexibility index (Phi) is 4.81. The van der Waals surface area contributed by atoms with Crippen LogP contribution >= 0.6 is 11.6 Å². The molecule has 0 spiro atoms. The van der Waals surface area contributed by atoms with E-state index in [9.17, 15) is 15.3 Å². The van der Waals surface area contributed by atoms with Crippen molar-refractivity contribution in [3.05, 3.63) is 11.6 Å². The fourth-order valence-corrected chi connectivity index (χ4v) is 5.18. The summed E-state index contributed by atoms with van der Waals surface area (Å²) in [5, 5.41) is 34.3. The third-order valence-electron chi connectivity index (χ3n) is 6.60. The standard InChI is InChI=1S/C19H28ClN5O3/c1-8(2)11(9(3)4)22-16-12-17(24-18(20)23-16)25(7-21-12)13-10-5-19(10,6-26)15(28)14(13)27/h7-11,13-15,26-28H,5-6H2,1-4H3,(H,22,23,24)/t10-,13-,14+,15+,19+/m1/s1. The van der Waals surface area contributed by atoms with E-state index < -0.39 is 23.7 Å². The molecule has 28 heavy (non-hydrogen) atoms. The second kappa shape index (κ2) is 6.79. The molecule has 0 aromatic carbocycles. The SMILES string of the molecule is CC(C)C(Nc1nc(Cl)nc2c1ncn2[C@H]1[C@H](O)[C@H](O)[C@]2(CO)C[C@H]12)C(C)C. The number of imidazole rings is 1. The second-order valence-corrected chi connectivity index (χ2v) is 9.29. The maximum absolute atomic E-state index is 10.6. The van der Waals surface area contributed by atoms with Gasteiger partial charge >= 0.3 is 0 Å². The number of rotatable bonds is 6. The van der Waals surface area contributed by atoms with Gasteiger partial charge in [-0.25, -0.2) is 4.98 Å². The molecule has 0 radical (unpaired) electrons. The van der Waals surface area contributed by atoms with Gasteiger partial charge in [0.1, 0.15) is 6.10 Å². The average molecular weight is 410 g/mol. The van der Waals surface area contributed by atoms with Crippen molar-refractivity contribution in [3.8, 4) is 0 Å². The van der Waals surface area contributed by atoms with Crippen LogP contribution in [-0.4, -0.2) is 59.7 Å². The Bertz CT molecular complexity index is 880. The van der Waals surface area contributed by atoms with Gasteiger partial charge in [-0.1, -0.05) is 27.7 Å². The van der Waals surface area contributed by atoms with Gasteiger partial charge in [0.2, 0.25) is 5.28 Å². The Hall–Kier alpha value is -1.48. The van der Waals surface area contributed by atoms with Crippen LogP contribution in [0, 0.1) is 23.2 Å². The summed E-state index contributed by atoms with van der Waals surface area (Å²) < 4.78 is 1.77. The molecule has 2 aromatic heterocycles. The van der Waals surface area contributed by atoms with Gasteiger partial charge in [0.05, 0.1) is 25.1 Å². The normalized spacial score (nSPS) is 32.0. The highest BCUT2D eigenvalue weighted by Crippen LogP contribution is 2.67. The van der Waals surface area contributed by atoms with Crippen molar-refractivity contribution in [2.75, 3.05) is 11.9 Å². The Morgan fingerprint density at radius 3 is 2.50 bits per heavy atom. The number of nitrogens with zero attached hydrogens (tertiary/aromatic N) is 4. The molecule has 8 nitrogen and oxygen atoms in total. The molecule has 0 bridgehead atoms. The van der Waals surface area contributed by atoms with E-state index >= 15 is 0 Å². The van der Waals surface area contributed by atoms with Crippen molar-refractivity contribution in [1.82, 2.24) is 19.5 Å². The number of halogens is 1.